The van der Waals surface area contributed by atoms with Crippen LogP contribution in [0.3, 0.4) is 0 Å². The van der Waals surface area contributed by atoms with Gasteiger partial charge in [-0.3, -0.25) is 4.79 Å². The van der Waals surface area contributed by atoms with Crippen LogP contribution in [0, 0.1) is 0 Å². The van der Waals surface area contributed by atoms with Crippen molar-refractivity contribution < 1.29 is 22.7 Å². The number of halogens is 1. The van der Waals surface area contributed by atoms with E-state index >= 15 is 0 Å². The summed E-state index contributed by atoms with van der Waals surface area (Å²) >= 11 is 5.82. The number of benzene rings is 2. The SMILES string of the molecule is COC[C@@H](C)NS(=O)(=O)c1ccc(OC)c(NC(=O)c2ccc(Cl)cc2)c1. The number of carbonyl (C=O) groups is 1. The molecule has 0 bridgehead atoms. The average molecular weight is 413 g/mol. The van der Waals surface area contributed by atoms with Crippen LogP contribution < -0.4 is 14.8 Å². The molecule has 0 aliphatic carbocycles. The van der Waals surface area contributed by atoms with Crippen LogP contribution in [0.4, 0.5) is 5.69 Å². The lowest BCUT2D eigenvalue weighted by atomic mass is 10.2. The summed E-state index contributed by atoms with van der Waals surface area (Å²) in [5.41, 5.74) is 0.612. The number of nitrogens with one attached hydrogen (secondary N) is 2. The molecular formula is C18H21ClN2O5S. The quantitative estimate of drug-likeness (QED) is 0.695. The third-order valence-electron chi connectivity index (χ3n) is 3.61. The maximum absolute atomic E-state index is 12.5. The summed E-state index contributed by atoms with van der Waals surface area (Å²) in [5.74, 6) is -0.0820. The first-order valence-electron chi connectivity index (χ1n) is 8.03. The van der Waals surface area contributed by atoms with Gasteiger partial charge in [0.2, 0.25) is 10.0 Å². The first-order chi connectivity index (χ1) is 12.8. The minimum absolute atomic E-state index is 0.00217. The van der Waals surface area contributed by atoms with E-state index in [1.165, 1.54) is 32.4 Å². The number of hydrogen-bond donors (Lipinski definition) is 2. The highest BCUT2D eigenvalue weighted by Gasteiger charge is 2.20. The first-order valence-corrected chi connectivity index (χ1v) is 9.89. The predicted molar refractivity (Wildman–Crippen MR) is 104 cm³/mol. The van der Waals surface area contributed by atoms with Crippen LogP contribution in [0.2, 0.25) is 5.02 Å². The van der Waals surface area contributed by atoms with E-state index in [2.05, 4.69) is 10.0 Å². The molecule has 0 aromatic heterocycles. The summed E-state index contributed by atoms with van der Waals surface area (Å²) in [6, 6.07) is 10.1. The van der Waals surface area contributed by atoms with E-state index in [-0.39, 0.29) is 17.2 Å². The Morgan fingerprint density at radius 3 is 2.41 bits per heavy atom. The fourth-order valence-corrected chi connectivity index (χ4v) is 3.74. The molecule has 2 aromatic rings. The molecule has 2 aromatic carbocycles. The second kappa shape index (κ2) is 9.18. The Morgan fingerprint density at radius 1 is 1.15 bits per heavy atom. The molecule has 0 aliphatic rings. The Balaban J connectivity index is 2.29. The maximum atomic E-state index is 12.5. The molecule has 27 heavy (non-hydrogen) atoms. The number of ether oxygens (including phenoxy) is 2. The van der Waals surface area contributed by atoms with Gasteiger partial charge < -0.3 is 14.8 Å². The number of rotatable bonds is 8. The molecule has 0 fully saturated rings. The van der Waals surface area contributed by atoms with Crippen molar-refractivity contribution >= 4 is 33.2 Å². The molecule has 2 N–H and O–H groups in total. The lowest BCUT2D eigenvalue weighted by Gasteiger charge is -2.15. The number of sulfonamides is 1. The van der Waals surface area contributed by atoms with Crippen LogP contribution in [-0.2, 0) is 14.8 Å². The summed E-state index contributed by atoms with van der Waals surface area (Å²) < 4.78 is 37.7. The first kappa shape index (κ1) is 21.2. The molecule has 0 unspecified atom stereocenters. The lowest BCUT2D eigenvalue weighted by Crippen LogP contribution is -2.35. The van der Waals surface area contributed by atoms with E-state index in [1.807, 2.05) is 0 Å². The van der Waals surface area contributed by atoms with Gasteiger partial charge in [-0.05, 0) is 49.4 Å². The van der Waals surface area contributed by atoms with Crippen LogP contribution in [0.15, 0.2) is 47.4 Å². The average Bonchev–Trinajstić information content (AvgIpc) is 2.62. The Hall–Kier alpha value is -2.13. The van der Waals surface area contributed by atoms with Crippen LogP contribution in [-0.4, -0.2) is 41.2 Å². The van der Waals surface area contributed by atoms with Crippen molar-refractivity contribution in [3.05, 3.63) is 53.1 Å². The highest BCUT2D eigenvalue weighted by molar-refractivity contribution is 7.89. The summed E-state index contributed by atoms with van der Waals surface area (Å²) in [7, 11) is -0.870. The van der Waals surface area contributed by atoms with Gasteiger partial charge in [0.25, 0.3) is 5.91 Å². The number of anilines is 1. The van der Waals surface area contributed by atoms with Gasteiger partial charge in [0.1, 0.15) is 5.75 Å². The summed E-state index contributed by atoms with van der Waals surface area (Å²) in [6.07, 6.45) is 0. The summed E-state index contributed by atoms with van der Waals surface area (Å²) in [6.45, 7) is 1.92. The van der Waals surface area contributed by atoms with Gasteiger partial charge in [-0.25, -0.2) is 13.1 Å². The maximum Gasteiger partial charge on any atom is 0.255 e. The van der Waals surface area contributed by atoms with E-state index < -0.39 is 22.0 Å². The van der Waals surface area contributed by atoms with Crippen molar-refractivity contribution in [3.8, 4) is 5.75 Å². The lowest BCUT2D eigenvalue weighted by molar-refractivity contribution is 0.102. The van der Waals surface area contributed by atoms with Crippen LogP contribution >= 0.6 is 11.6 Å². The normalized spacial score (nSPS) is 12.4. The topological polar surface area (TPSA) is 93.7 Å². The molecule has 9 heteroatoms. The zero-order valence-corrected chi connectivity index (χ0v) is 16.7. The van der Waals surface area contributed by atoms with E-state index in [0.717, 1.165) is 0 Å². The molecular weight excluding hydrogens is 392 g/mol. The van der Waals surface area contributed by atoms with E-state index in [0.29, 0.717) is 16.3 Å². The third kappa shape index (κ3) is 5.67. The molecule has 2 rings (SSSR count). The molecule has 0 saturated heterocycles. The highest BCUT2D eigenvalue weighted by Crippen LogP contribution is 2.28. The molecule has 0 saturated carbocycles. The van der Waals surface area contributed by atoms with Crippen molar-refractivity contribution in [3.63, 3.8) is 0 Å². The molecule has 0 spiro atoms. The number of hydrogen-bond acceptors (Lipinski definition) is 5. The number of methoxy groups -OCH3 is 2. The minimum Gasteiger partial charge on any atom is -0.495 e. The Morgan fingerprint density at radius 2 is 1.81 bits per heavy atom. The fourth-order valence-electron chi connectivity index (χ4n) is 2.36. The number of amides is 1. The van der Waals surface area contributed by atoms with Crippen LogP contribution in [0.25, 0.3) is 0 Å². The molecule has 1 amide bonds. The Bertz CT molecular complexity index is 900. The van der Waals surface area contributed by atoms with Gasteiger partial charge in [0, 0.05) is 23.7 Å². The predicted octanol–water partition coefficient (Wildman–Crippen LogP) is 2.91. The summed E-state index contributed by atoms with van der Waals surface area (Å²) in [5, 5.41) is 3.17. The smallest absolute Gasteiger partial charge is 0.255 e. The van der Waals surface area contributed by atoms with Gasteiger partial charge >= 0.3 is 0 Å². The van der Waals surface area contributed by atoms with E-state index in [1.54, 1.807) is 31.2 Å². The molecule has 0 heterocycles. The minimum atomic E-state index is -3.79. The summed E-state index contributed by atoms with van der Waals surface area (Å²) in [4.78, 5) is 12.4. The van der Waals surface area contributed by atoms with Crippen molar-refractivity contribution in [1.82, 2.24) is 4.72 Å². The third-order valence-corrected chi connectivity index (χ3v) is 5.45. The van der Waals surface area contributed by atoms with Crippen molar-refractivity contribution in [2.45, 2.75) is 17.9 Å². The van der Waals surface area contributed by atoms with Crippen LogP contribution in [0.1, 0.15) is 17.3 Å². The zero-order valence-electron chi connectivity index (χ0n) is 15.2. The molecule has 7 nitrogen and oxygen atoms in total. The fraction of sp³-hybridized carbons (Fsp3) is 0.278. The highest BCUT2D eigenvalue weighted by atomic mass is 35.5. The Labute approximate surface area is 163 Å². The number of carbonyl (C=O) groups excluding carboxylic acids is 1. The largest absolute Gasteiger partial charge is 0.495 e. The van der Waals surface area contributed by atoms with Crippen molar-refractivity contribution in [2.75, 3.05) is 26.1 Å². The van der Waals surface area contributed by atoms with Crippen molar-refractivity contribution in [2.24, 2.45) is 0 Å². The van der Waals surface area contributed by atoms with Gasteiger partial charge in [-0.15, -0.1) is 0 Å². The molecule has 0 aliphatic heterocycles. The van der Waals surface area contributed by atoms with E-state index in [4.69, 9.17) is 21.1 Å². The van der Waals surface area contributed by atoms with Gasteiger partial charge in [0.15, 0.2) is 0 Å². The second-order valence-electron chi connectivity index (χ2n) is 5.80. The van der Waals surface area contributed by atoms with Gasteiger partial charge in [0.05, 0.1) is 24.3 Å². The molecule has 146 valence electrons. The van der Waals surface area contributed by atoms with Gasteiger partial charge in [-0.1, -0.05) is 11.6 Å². The van der Waals surface area contributed by atoms with Gasteiger partial charge in [-0.2, -0.15) is 0 Å². The molecule has 0 radical (unpaired) electrons. The van der Waals surface area contributed by atoms with E-state index in [9.17, 15) is 13.2 Å². The zero-order chi connectivity index (χ0) is 20.0. The van der Waals surface area contributed by atoms with Crippen LogP contribution in [0.5, 0.6) is 5.75 Å². The molecule has 1 atom stereocenters. The standard InChI is InChI=1S/C18H21ClN2O5S/c1-12(11-25-2)21-27(23,24)15-8-9-17(26-3)16(10-15)20-18(22)13-4-6-14(19)7-5-13/h4-10,12,21H,11H2,1-3H3,(H,20,22)/t12-/m1/s1. The monoisotopic (exact) mass is 412 g/mol. The van der Waals surface area contributed by atoms with Crippen molar-refractivity contribution in [1.29, 1.82) is 0 Å². The Kier molecular flexibility index (Phi) is 7.20. The second-order valence-corrected chi connectivity index (χ2v) is 7.95.